The Balaban J connectivity index is 2.12. The predicted molar refractivity (Wildman–Crippen MR) is 64.2 cm³/mol. The molecule has 0 saturated carbocycles. The third-order valence-corrected chi connectivity index (χ3v) is 5.41. The third kappa shape index (κ3) is 2.53. The first-order chi connectivity index (χ1) is 8.02. The van der Waals surface area contributed by atoms with E-state index in [-0.39, 0.29) is 29.5 Å². The maximum Gasteiger partial charge on any atom is 0.323 e. The van der Waals surface area contributed by atoms with Crippen LogP contribution >= 0.6 is 0 Å². The van der Waals surface area contributed by atoms with Crippen LogP contribution in [0.3, 0.4) is 0 Å². The van der Waals surface area contributed by atoms with Crippen LogP contribution in [0, 0.1) is 0 Å². The highest BCUT2D eigenvalue weighted by atomic mass is 32.2. The van der Waals surface area contributed by atoms with Crippen molar-refractivity contribution in [3.63, 3.8) is 0 Å². The predicted octanol–water partition coefficient (Wildman–Crippen LogP) is -0.186. The number of rotatable bonds is 1. The van der Waals surface area contributed by atoms with Gasteiger partial charge < -0.3 is 9.47 Å². The molecule has 6 heteroatoms. The highest BCUT2D eigenvalue weighted by Crippen LogP contribution is 2.27. The number of hydrogen-bond donors (Lipinski definition) is 1. The summed E-state index contributed by atoms with van der Waals surface area (Å²) in [6, 6.07) is -0.369. The van der Waals surface area contributed by atoms with E-state index in [9.17, 15) is 9.00 Å². The van der Waals surface area contributed by atoms with E-state index in [0.717, 1.165) is 6.42 Å². The molecule has 0 spiro atoms. The van der Waals surface area contributed by atoms with E-state index in [1.165, 1.54) is 7.11 Å². The number of hydrogen-bond acceptors (Lipinski definition) is 5. The summed E-state index contributed by atoms with van der Waals surface area (Å²) in [6.07, 6.45) is 0.886. The van der Waals surface area contributed by atoms with Gasteiger partial charge in [0, 0.05) is 16.8 Å². The van der Waals surface area contributed by atoms with Gasteiger partial charge in [0.15, 0.2) is 0 Å². The lowest BCUT2D eigenvalue weighted by atomic mass is 9.98. The van der Waals surface area contributed by atoms with Crippen molar-refractivity contribution in [3.8, 4) is 0 Å². The van der Waals surface area contributed by atoms with Crippen molar-refractivity contribution in [2.45, 2.75) is 49.8 Å². The molecular weight excluding hydrogens is 242 g/mol. The monoisotopic (exact) mass is 261 g/mol. The largest absolute Gasteiger partial charge is 0.468 e. The Morgan fingerprint density at radius 2 is 2.18 bits per heavy atom. The molecule has 6 unspecified atom stereocenters. The van der Waals surface area contributed by atoms with E-state index in [1.54, 1.807) is 0 Å². The second kappa shape index (κ2) is 5.04. The van der Waals surface area contributed by atoms with Crippen molar-refractivity contribution in [1.82, 2.24) is 5.32 Å². The van der Waals surface area contributed by atoms with Gasteiger partial charge in [-0.25, -0.2) is 0 Å². The molecule has 6 atom stereocenters. The van der Waals surface area contributed by atoms with Crippen LogP contribution in [0.25, 0.3) is 0 Å². The van der Waals surface area contributed by atoms with Crippen LogP contribution in [0.5, 0.6) is 0 Å². The molecule has 0 aromatic rings. The molecule has 17 heavy (non-hydrogen) atoms. The lowest BCUT2D eigenvalue weighted by Gasteiger charge is -2.44. The lowest BCUT2D eigenvalue weighted by molar-refractivity contribution is -0.143. The van der Waals surface area contributed by atoms with Gasteiger partial charge in [-0.1, -0.05) is 0 Å². The van der Waals surface area contributed by atoms with Gasteiger partial charge in [-0.3, -0.25) is 14.3 Å². The maximum absolute atomic E-state index is 12.2. The number of methoxy groups -OCH3 is 1. The summed E-state index contributed by atoms with van der Waals surface area (Å²) in [5.74, 6) is -0.0146. The van der Waals surface area contributed by atoms with Gasteiger partial charge in [0.2, 0.25) is 0 Å². The molecule has 2 rings (SSSR count). The van der Waals surface area contributed by atoms with Gasteiger partial charge in [-0.05, 0) is 20.3 Å². The molecule has 0 amide bonds. The first-order valence-electron chi connectivity index (χ1n) is 5.89. The molecule has 98 valence electrons. The van der Waals surface area contributed by atoms with E-state index < -0.39 is 16.8 Å². The summed E-state index contributed by atoms with van der Waals surface area (Å²) < 4.78 is 22.6. The standard InChI is InChI=1S/C11H19NO4S/c1-6-4-8-10(7(2)16-6)17(14)5-9(12-8)11(13)15-3/h6-10,12H,4-5H2,1-3H3. The molecule has 2 aliphatic heterocycles. The lowest BCUT2D eigenvalue weighted by Crippen LogP contribution is -2.64. The maximum atomic E-state index is 12.2. The summed E-state index contributed by atoms with van der Waals surface area (Å²) in [5.41, 5.74) is 0. The number of esters is 1. The zero-order chi connectivity index (χ0) is 12.6. The Morgan fingerprint density at radius 3 is 2.82 bits per heavy atom. The molecule has 0 radical (unpaired) electrons. The fourth-order valence-electron chi connectivity index (χ4n) is 2.74. The Morgan fingerprint density at radius 1 is 1.47 bits per heavy atom. The zero-order valence-corrected chi connectivity index (χ0v) is 11.2. The highest BCUT2D eigenvalue weighted by Gasteiger charge is 2.45. The fraction of sp³-hybridized carbons (Fsp3) is 0.909. The van der Waals surface area contributed by atoms with Gasteiger partial charge in [0.05, 0.1) is 30.3 Å². The number of carbonyl (C=O) groups is 1. The molecule has 2 aliphatic rings. The Bertz CT molecular complexity index is 335. The number of ether oxygens (including phenoxy) is 2. The van der Waals surface area contributed by atoms with Gasteiger partial charge in [-0.15, -0.1) is 0 Å². The smallest absolute Gasteiger partial charge is 0.323 e. The van der Waals surface area contributed by atoms with Crippen molar-refractivity contribution in [2.75, 3.05) is 12.9 Å². The highest BCUT2D eigenvalue weighted by molar-refractivity contribution is 7.85. The third-order valence-electron chi connectivity index (χ3n) is 3.43. The van der Waals surface area contributed by atoms with E-state index in [2.05, 4.69) is 5.32 Å². The van der Waals surface area contributed by atoms with E-state index in [4.69, 9.17) is 9.47 Å². The second-order valence-electron chi connectivity index (χ2n) is 4.75. The second-order valence-corrected chi connectivity index (χ2v) is 6.39. The van der Waals surface area contributed by atoms with Crippen molar-refractivity contribution in [2.24, 2.45) is 0 Å². The summed E-state index contributed by atoms with van der Waals surface area (Å²) in [4.78, 5) is 11.5. The molecule has 2 heterocycles. The molecule has 5 nitrogen and oxygen atoms in total. The molecule has 0 bridgehead atoms. The number of fused-ring (bicyclic) bond motifs is 1. The van der Waals surface area contributed by atoms with Crippen molar-refractivity contribution in [1.29, 1.82) is 0 Å². The van der Waals surface area contributed by atoms with E-state index in [1.807, 2.05) is 13.8 Å². The summed E-state index contributed by atoms with van der Waals surface area (Å²) >= 11 is 0. The van der Waals surface area contributed by atoms with Gasteiger partial charge >= 0.3 is 5.97 Å². The van der Waals surface area contributed by atoms with Crippen molar-refractivity contribution in [3.05, 3.63) is 0 Å². The molecule has 2 saturated heterocycles. The Kier molecular flexibility index (Phi) is 3.85. The van der Waals surface area contributed by atoms with Crippen LogP contribution in [0.15, 0.2) is 0 Å². The van der Waals surface area contributed by atoms with Gasteiger partial charge in [-0.2, -0.15) is 0 Å². The number of carbonyl (C=O) groups excluding carboxylic acids is 1. The van der Waals surface area contributed by atoms with Crippen LogP contribution < -0.4 is 5.32 Å². The minimum atomic E-state index is -1.04. The SMILES string of the molecule is COC(=O)C1CS(=O)C2C(CC(C)OC2C)N1. The molecule has 0 aliphatic carbocycles. The number of nitrogens with one attached hydrogen (secondary N) is 1. The summed E-state index contributed by atoms with van der Waals surface area (Å²) in [7, 11) is 0.313. The van der Waals surface area contributed by atoms with Crippen molar-refractivity contribution < 1.29 is 18.5 Å². The normalized spacial score (nSPS) is 46.1. The molecule has 0 aromatic heterocycles. The minimum Gasteiger partial charge on any atom is -0.468 e. The topological polar surface area (TPSA) is 64.6 Å². The van der Waals surface area contributed by atoms with Crippen LogP contribution in [0.1, 0.15) is 20.3 Å². The fourth-order valence-corrected chi connectivity index (χ4v) is 4.57. The molecule has 0 aromatic carbocycles. The van der Waals surface area contributed by atoms with Gasteiger partial charge in [0.25, 0.3) is 0 Å². The Labute approximate surface area is 104 Å². The van der Waals surface area contributed by atoms with E-state index >= 15 is 0 Å². The molecular formula is C11H19NO4S. The first-order valence-corrected chi connectivity index (χ1v) is 7.27. The molecule has 1 N–H and O–H groups in total. The van der Waals surface area contributed by atoms with Crippen LogP contribution in [0.4, 0.5) is 0 Å². The first kappa shape index (κ1) is 13.0. The van der Waals surface area contributed by atoms with Gasteiger partial charge in [0.1, 0.15) is 6.04 Å². The molecule has 2 fully saturated rings. The van der Waals surface area contributed by atoms with Crippen LogP contribution in [-0.4, -0.2) is 52.6 Å². The zero-order valence-electron chi connectivity index (χ0n) is 10.3. The summed E-state index contributed by atoms with van der Waals surface area (Å²) in [5, 5.41) is 3.23. The van der Waals surface area contributed by atoms with Crippen LogP contribution in [0.2, 0.25) is 0 Å². The van der Waals surface area contributed by atoms with E-state index in [0.29, 0.717) is 5.75 Å². The Hall–Kier alpha value is -0.460. The average Bonchev–Trinajstić information content (AvgIpc) is 2.26. The van der Waals surface area contributed by atoms with Crippen LogP contribution in [-0.2, 0) is 25.1 Å². The minimum absolute atomic E-state index is 0.0212. The quantitative estimate of drug-likeness (QED) is 0.663. The van der Waals surface area contributed by atoms with Crippen molar-refractivity contribution >= 4 is 16.8 Å². The summed E-state index contributed by atoms with van der Waals surface area (Å²) in [6.45, 7) is 3.95. The average molecular weight is 261 g/mol.